The summed E-state index contributed by atoms with van der Waals surface area (Å²) in [6.07, 6.45) is 4.99. The molecule has 0 saturated heterocycles. The van der Waals surface area contributed by atoms with Crippen molar-refractivity contribution >= 4 is 13.8 Å². The molecule has 0 spiro atoms. The third-order valence-corrected chi connectivity index (χ3v) is 12.4. The second-order valence-corrected chi connectivity index (χ2v) is 14.5. The molecular formula is C25H43NSi. The molecule has 0 aliphatic rings. The minimum atomic E-state index is -1.67. The van der Waals surface area contributed by atoms with E-state index in [0.717, 1.165) is 13.1 Å². The summed E-state index contributed by atoms with van der Waals surface area (Å²) in [6, 6.07) is 8.95. The minimum absolute atomic E-state index is 0.679. The molecule has 0 aliphatic carbocycles. The highest BCUT2D eigenvalue weighted by atomic mass is 28.3. The van der Waals surface area contributed by atoms with Gasteiger partial charge in [0.15, 0.2) is 0 Å². The van der Waals surface area contributed by atoms with Crippen LogP contribution in [0.2, 0.25) is 16.6 Å². The van der Waals surface area contributed by atoms with Gasteiger partial charge in [0.25, 0.3) is 0 Å². The lowest BCUT2D eigenvalue weighted by Gasteiger charge is -2.38. The molecule has 0 fully saturated rings. The van der Waals surface area contributed by atoms with E-state index >= 15 is 0 Å². The van der Waals surface area contributed by atoms with Crippen molar-refractivity contribution in [2.45, 2.75) is 97.7 Å². The van der Waals surface area contributed by atoms with Gasteiger partial charge >= 0.3 is 0 Å². The second kappa shape index (κ2) is 11.6. The lowest BCUT2D eigenvalue weighted by molar-refractivity contribution is 0.678. The summed E-state index contributed by atoms with van der Waals surface area (Å²) in [5, 5.41) is 0. The van der Waals surface area contributed by atoms with Crippen molar-refractivity contribution in [1.82, 2.24) is 0 Å². The maximum absolute atomic E-state index is 3.87. The predicted octanol–water partition coefficient (Wildman–Crippen LogP) is 7.66. The van der Waals surface area contributed by atoms with Gasteiger partial charge in [0.05, 0.1) is 0 Å². The average molecular weight is 386 g/mol. The van der Waals surface area contributed by atoms with Crippen LogP contribution in [-0.4, -0.2) is 21.2 Å². The van der Waals surface area contributed by atoms with Crippen LogP contribution in [0.3, 0.4) is 0 Å². The zero-order valence-electron chi connectivity index (χ0n) is 19.2. The summed E-state index contributed by atoms with van der Waals surface area (Å²) in [5.41, 5.74) is 8.44. The van der Waals surface area contributed by atoms with Gasteiger partial charge in [-0.2, -0.15) is 0 Å². The summed E-state index contributed by atoms with van der Waals surface area (Å²) in [4.78, 5) is 2.55. The lowest BCUT2D eigenvalue weighted by Crippen LogP contribution is -2.43. The molecule has 0 radical (unpaired) electrons. The van der Waals surface area contributed by atoms with Crippen LogP contribution in [-0.2, 0) is 0 Å². The van der Waals surface area contributed by atoms with Crippen LogP contribution in [0.25, 0.3) is 0 Å². The van der Waals surface area contributed by atoms with E-state index in [1.807, 2.05) is 0 Å². The summed E-state index contributed by atoms with van der Waals surface area (Å²) in [6.45, 7) is 21.1. The van der Waals surface area contributed by atoms with E-state index in [1.54, 1.807) is 0 Å². The molecule has 0 aromatic heterocycles. The maximum Gasteiger partial charge on any atom is 0.146 e. The van der Waals surface area contributed by atoms with Gasteiger partial charge in [0, 0.05) is 24.3 Å². The van der Waals surface area contributed by atoms with Crippen LogP contribution in [0.1, 0.15) is 86.6 Å². The highest BCUT2D eigenvalue weighted by Crippen LogP contribution is 2.40. The van der Waals surface area contributed by atoms with Gasteiger partial charge in [-0.3, -0.25) is 0 Å². The normalized spacial score (nSPS) is 11.8. The van der Waals surface area contributed by atoms with Gasteiger partial charge in [-0.05, 0) is 47.7 Å². The molecule has 0 unspecified atom stereocenters. The van der Waals surface area contributed by atoms with Crippen molar-refractivity contribution in [3.63, 3.8) is 0 Å². The fraction of sp³-hybridized carbons (Fsp3) is 0.680. The molecule has 0 aliphatic heterocycles. The monoisotopic (exact) mass is 385 g/mol. The molecular weight excluding hydrogens is 342 g/mol. The summed E-state index contributed by atoms with van der Waals surface area (Å²) in [7, 11) is -1.67. The number of anilines is 1. The van der Waals surface area contributed by atoms with Crippen molar-refractivity contribution in [3.05, 3.63) is 29.8 Å². The van der Waals surface area contributed by atoms with E-state index in [-0.39, 0.29) is 0 Å². The number of unbranched alkanes of at least 4 members (excludes halogenated alkanes) is 2. The number of nitrogens with zero attached hydrogens (tertiary/aromatic N) is 1. The first-order chi connectivity index (χ1) is 12.8. The topological polar surface area (TPSA) is 3.24 Å². The SMILES string of the molecule is CCCCN(CCCC)c1cccc(C#C[Si](C(C)C)(C(C)C)C(C)C)c1. The Hall–Kier alpha value is -1.20. The Morgan fingerprint density at radius 1 is 0.852 bits per heavy atom. The Kier molecular flexibility index (Phi) is 10.2. The first kappa shape index (κ1) is 23.8. The zero-order valence-corrected chi connectivity index (χ0v) is 20.2. The van der Waals surface area contributed by atoms with Gasteiger partial charge in [0.2, 0.25) is 0 Å². The van der Waals surface area contributed by atoms with Crippen LogP contribution in [0.4, 0.5) is 5.69 Å². The summed E-state index contributed by atoms with van der Waals surface area (Å²) < 4.78 is 0. The number of hydrogen-bond donors (Lipinski definition) is 0. The highest BCUT2D eigenvalue weighted by Gasteiger charge is 2.41. The zero-order chi connectivity index (χ0) is 20.4. The molecule has 1 nitrogen and oxygen atoms in total. The fourth-order valence-corrected chi connectivity index (χ4v) is 9.69. The van der Waals surface area contributed by atoms with Crippen molar-refractivity contribution in [2.75, 3.05) is 18.0 Å². The number of rotatable bonds is 10. The largest absolute Gasteiger partial charge is 0.372 e. The Morgan fingerprint density at radius 2 is 1.37 bits per heavy atom. The molecule has 27 heavy (non-hydrogen) atoms. The molecule has 152 valence electrons. The summed E-state index contributed by atoms with van der Waals surface area (Å²) in [5.74, 6) is 3.62. The van der Waals surface area contributed by atoms with E-state index in [4.69, 9.17) is 0 Å². The van der Waals surface area contributed by atoms with E-state index < -0.39 is 8.07 Å². The van der Waals surface area contributed by atoms with Gasteiger partial charge < -0.3 is 4.90 Å². The highest BCUT2D eigenvalue weighted by molar-refractivity contribution is 6.90. The maximum atomic E-state index is 3.87. The standard InChI is InChI=1S/C25H43NSi/c1-9-11-17-26(18-12-10-2)25-15-13-14-24(20-25)16-19-27(21(3)4,22(5)6)23(7)8/h13-15,20-23H,9-12,17-18H2,1-8H3. The molecule has 0 atom stereocenters. The van der Waals surface area contributed by atoms with Gasteiger partial charge in [-0.15, -0.1) is 5.54 Å². The van der Waals surface area contributed by atoms with Crippen molar-refractivity contribution in [1.29, 1.82) is 0 Å². The Balaban J connectivity index is 3.19. The quantitative estimate of drug-likeness (QED) is 0.295. The Labute approximate surface area is 171 Å². The first-order valence-electron chi connectivity index (χ1n) is 11.2. The van der Waals surface area contributed by atoms with Crippen LogP contribution < -0.4 is 4.90 Å². The molecule has 1 aromatic rings. The molecule has 0 N–H and O–H groups in total. The van der Waals surface area contributed by atoms with Gasteiger partial charge in [-0.1, -0.05) is 80.2 Å². The summed E-state index contributed by atoms with van der Waals surface area (Å²) >= 11 is 0. The van der Waals surface area contributed by atoms with Gasteiger partial charge in [0.1, 0.15) is 8.07 Å². The van der Waals surface area contributed by atoms with E-state index in [0.29, 0.717) is 16.6 Å². The smallest absolute Gasteiger partial charge is 0.146 e. The molecule has 1 aromatic carbocycles. The van der Waals surface area contributed by atoms with Crippen molar-refractivity contribution in [2.24, 2.45) is 0 Å². The van der Waals surface area contributed by atoms with E-state index in [9.17, 15) is 0 Å². The molecule has 0 bridgehead atoms. The number of benzene rings is 1. The van der Waals surface area contributed by atoms with Crippen LogP contribution in [0.5, 0.6) is 0 Å². The Morgan fingerprint density at radius 3 is 1.81 bits per heavy atom. The van der Waals surface area contributed by atoms with E-state index in [1.165, 1.54) is 36.9 Å². The fourth-order valence-electron chi connectivity index (χ4n) is 4.46. The van der Waals surface area contributed by atoms with Gasteiger partial charge in [-0.25, -0.2) is 0 Å². The lowest BCUT2D eigenvalue weighted by atomic mass is 10.1. The van der Waals surface area contributed by atoms with E-state index in [2.05, 4.69) is 96.0 Å². The Bertz CT molecular complexity index is 576. The molecule has 0 amide bonds. The first-order valence-corrected chi connectivity index (χ1v) is 13.4. The molecule has 0 heterocycles. The third kappa shape index (κ3) is 6.42. The number of hydrogen-bond acceptors (Lipinski definition) is 1. The predicted molar refractivity (Wildman–Crippen MR) is 126 cm³/mol. The van der Waals surface area contributed by atoms with Crippen LogP contribution >= 0.6 is 0 Å². The molecule has 2 heteroatoms. The minimum Gasteiger partial charge on any atom is -0.372 e. The van der Waals surface area contributed by atoms with Crippen molar-refractivity contribution < 1.29 is 0 Å². The third-order valence-electron chi connectivity index (χ3n) is 6.06. The van der Waals surface area contributed by atoms with Crippen LogP contribution in [0, 0.1) is 11.5 Å². The molecule has 0 saturated carbocycles. The van der Waals surface area contributed by atoms with Crippen LogP contribution in [0.15, 0.2) is 24.3 Å². The van der Waals surface area contributed by atoms with Crippen molar-refractivity contribution in [3.8, 4) is 11.5 Å². The molecule has 1 rings (SSSR count). The average Bonchev–Trinajstić information content (AvgIpc) is 2.61. The second-order valence-electron chi connectivity index (χ2n) is 8.89.